The molecule has 2 aliphatic rings. The second-order valence-corrected chi connectivity index (χ2v) is 4.35. The van der Waals surface area contributed by atoms with Gasteiger partial charge in [0.05, 0.1) is 6.10 Å². The van der Waals surface area contributed by atoms with E-state index in [1.54, 1.807) is 0 Å². The van der Waals surface area contributed by atoms with E-state index in [-0.39, 0.29) is 12.1 Å². The number of carbonyl (C=O) groups excluding carboxylic acids is 2. The Labute approximate surface area is 94.6 Å². The van der Waals surface area contributed by atoms with E-state index in [4.69, 9.17) is 9.47 Å². The van der Waals surface area contributed by atoms with Gasteiger partial charge < -0.3 is 9.47 Å². The van der Waals surface area contributed by atoms with E-state index < -0.39 is 6.29 Å². The molecule has 1 saturated heterocycles. The van der Waals surface area contributed by atoms with Crippen molar-refractivity contribution in [3.63, 3.8) is 0 Å². The molecular weight excluding hydrogens is 208 g/mol. The quantitative estimate of drug-likeness (QED) is 0.528. The number of fused-ring (bicyclic) bond motifs is 1. The Balaban J connectivity index is 1.95. The summed E-state index contributed by atoms with van der Waals surface area (Å²) in [6.07, 6.45) is 5.86. The molecule has 1 heterocycles. The third kappa shape index (κ3) is 2.50. The molecule has 0 spiro atoms. The van der Waals surface area contributed by atoms with Crippen LogP contribution in [0.5, 0.6) is 0 Å². The summed E-state index contributed by atoms with van der Waals surface area (Å²) in [7, 11) is 0. The first kappa shape index (κ1) is 11.3. The summed E-state index contributed by atoms with van der Waals surface area (Å²) < 4.78 is 10.7. The molecule has 1 aliphatic heterocycles. The van der Waals surface area contributed by atoms with Gasteiger partial charge in [0.1, 0.15) is 6.29 Å². The molecule has 0 saturated carbocycles. The van der Waals surface area contributed by atoms with Crippen LogP contribution >= 0.6 is 0 Å². The van der Waals surface area contributed by atoms with Crippen LogP contribution < -0.4 is 0 Å². The van der Waals surface area contributed by atoms with Crippen molar-refractivity contribution in [2.75, 3.05) is 0 Å². The molecular formula is C12H16O4. The molecule has 1 fully saturated rings. The first-order valence-corrected chi connectivity index (χ1v) is 5.67. The number of esters is 1. The molecule has 3 atom stereocenters. The van der Waals surface area contributed by atoms with Gasteiger partial charge in [-0.25, -0.2) is 0 Å². The molecule has 4 heteroatoms. The van der Waals surface area contributed by atoms with Crippen molar-refractivity contribution >= 4 is 12.3 Å². The second kappa shape index (κ2) is 4.78. The molecule has 0 radical (unpaired) electrons. The van der Waals surface area contributed by atoms with Gasteiger partial charge in [0.25, 0.3) is 0 Å². The van der Waals surface area contributed by atoms with Crippen LogP contribution in [0.15, 0.2) is 11.6 Å². The third-order valence-corrected chi connectivity index (χ3v) is 3.13. The lowest BCUT2D eigenvalue weighted by Crippen LogP contribution is -2.38. The Bertz CT molecular complexity index is 321. The van der Waals surface area contributed by atoms with E-state index in [0.29, 0.717) is 12.3 Å². The number of carbonyl (C=O) groups is 2. The van der Waals surface area contributed by atoms with Crippen molar-refractivity contribution in [3.05, 3.63) is 11.6 Å². The van der Waals surface area contributed by atoms with Gasteiger partial charge in [0.15, 0.2) is 0 Å². The van der Waals surface area contributed by atoms with Crippen molar-refractivity contribution in [3.8, 4) is 0 Å². The SMILES string of the molecule is CC(=O)O[C@@H]1CC[C@H]2C=C(C=O)CC[C@@H]2O1. The van der Waals surface area contributed by atoms with Gasteiger partial charge in [-0.1, -0.05) is 6.08 Å². The maximum atomic E-state index is 10.8. The highest BCUT2D eigenvalue weighted by molar-refractivity contribution is 5.73. The van der Waals surface area contributed by atoms with Crippen LogP contribution in [0.1, 0.15) is 32.6 Å². The van der Waals surface area contributed by atoms with E-state index >= 15 is 0 Å². The van der Waals surface area contributed by atoms with Gasteiger partial charge in [-0.05, 0) is 24.8 Å². The molecule has 1 aliphatic carbocycles. The van der Waals surface area contributed by atoms with E-state index in [9.17, 15) is 9.59 Å². The van der Waals surface area contributed by atoms with Crippen molar-refractivity contribution in [1.82, 2.24) is 0 Å². The molecule has 4 nitrogen and oxygen atoms in total. The Morgan fingerprint density at radius 1 is 1.50 bits per heavy atom. The molecule has 0 aromatic rings. The second-order valence-electron chi connectivity index (χ2n) is 4.35. The smallest absolute Gasteiger partial charge is 0.304 e. The maximum Gasteiger partial charge on any atom is 0.304 e. The largest absolute Gasteiger partial charge is 0.436 e. The summed E-state index contributed by atoms with van der Waals surface area (Å²) in [5.41, 5.74) is 0.871. The number of aldehydes is 1. The molecule has 0 unspecified atom stereocenters. The maximum absolute atomic E-state index is 10.8. The van der Waals surface area contributed by atoms with Gasteiger partial charge in [0.2, 0.25) is 6.29 Å². The van der Waals surface area contributed by atoms with Crippen LogP contribution in [0.25, 0.3) is 0 Å². The van der Waals surface area contributed by atoms with Crippen molar-refractivity contribution in [2.24, 2.45) is 5.92 Å². The van der Waals surface area contributed by atoms with Gasteiger partial charge in [0, 0.05) is 19.3 Å². The van der Waals surface area contributed by atoms with Gasteiger partial charge in [-0.2, -0.15) is 0 Å². The van der Waals surface area contributed by atoms with Crippen LogP contribution in [0.2, 0.25) is 0 Å². The molecule has 88 valence electrons. The highest BCUT2D eigenvalue weighted by Gasteiger charge is 2.33. The van der Waals surface area contributed by atoms with Crippen LogP contribution in [-0.2, 0) is 19.1 Å². The number of allylic oxidation sites excluding steroid dienone is 1. The van der Waals surface area contributed by atoms with Gasteiger partial charge >= 0.3 is 5.97 Å². The first-order chi connectivity index (χ1) is 7.69. The van der Waals surface area contributed by atoms with E-state index in [0.717, 1.165) is 31.1 Å². The molecule has 0 amide bonds. The first-order valence-electron chi connectivity index (χ1n) is 5.67. The predicted molar refractivity (Wildman–Crippen MR) is 56.5 cm³/mol. The number of ether oxygens (including phenoxy) is 2. The monoisotopic (exact) mass is 224 g/mol. The van der Waals surface area contributed by atoms with Crippen molar-refractivity contribution in [1.29, 1.82) is 0 Å². The van der Waals surface area contributed by atoms with Crippen LogP contribution in [0.3, 0.4) is 0 Å². The Hall–Kier alpha value is -1.16. The van der Waals surface area contributed by atoms with Gasteiger partial charge in [-0.3, -0.25) is 9.59 Å². The normalized spacial score (nSPS) is 33.6. The highest BCUT2D eigenvalue weighted by Crippen LogP contribution is 2.34. The van der Waals surface area contributed by atoms with E-state index in [1.807, 2.05) is 6.08 Å². The van der Waals surface area contributed by atoms with Crippen molar-refractivity contribution < 1.29 is 19.1 Å². The Morgan fingerprint density at radius 2 is 2.31 bits per heavy atom. The summed E-state index contributed by atoms with van der Waals surface area (Å²) >= 11 is 0. The zero-order chi connectivity index (χ0) is 11.5. The average molecular weight is 224 g/mol. The average Bonchev–Trinajstić information content (AvgIpc) is 2.27. The molecule has 0 bridgehead atoms. The summed E-state index contributed by atoms with van der Waals surface area (Å²) in [5, 5.41) is 0. The fourth-order valence-electron chi connectivity index (χ4n) is 2.39. The molecule has 16 heavy (non-hydrogen) atoms. The number of hydrogen-bond acceptors (Lipinski definition) is 4. The zero-order valence-corrected chi connectivity index (χ0v) is 9.35. The fourth-order valence-corrected chi connectivity index (χ4v) is 2.39. The molecule has 2 rings (SSSR count). The minimum atomic E-state index is -0.398. The third-order valence-electron chi connectivity index (χ3n) is 3.13. The van der Waals surface area contributed by atoms with Crippen LogP contribution in [0, 0.1) is 5.92 Å². The molecule has 0 N–H and O–H groups in total. The minimum Gasteiger partial charge on any atom is -0.436 e. The lowest BCUT2D eigenvalue weighted by molar-refractivity contribution is -0.208. The summed E-state index contributed by atoms with van der Waals surface area (Å²) in [5.74, 6) is 0.00383. The topological polar surface area (TPSA) is 52.6 Å². The predicted octanol–water partition coefficient (Wildman–Crippen LogP) is 1.59. The number of rotatable bonds is 2. The Kier molecular flexibility index (Phi) is 3.39. The van der Waals surface area contributed by atoms with Crippen LogP contribution in [0.4, 0.5) is 0 Å². The fraction of sp³-hybridized carbons (Fsp3) is 0.667. The minimum absolute atomic E-state index is 0.0989. The summed E-state index contributed by atoms with van der Waals surface area (Å²) in [6, 6.07) is 0. The summed E-state index contributed by atoms with van der Waals surface area (Å²) in [6.45, 7) is 1.39. The highest BCUT2D eigenvalue weighted by atomic mass is 16.7. The van der Waals surface area contributed by atoms with E-state index in [2.05, 4.69) is 0 Å². The lowest BCUT2D eigenvalue weighted by Gasteiger charge is -2.37. The van der Waals surface area contributed by atoms with Crippen LogP contribution in [-0.4, -0.2) is 24.6 Å². The lowest BCUT2D eigenvalue weighted by atomic mass is 9.83. The van der Waals surface area contributed by atoms with E-state index in [1.165, 1.54) is 6.92 Å². The molecule has 0 aromatic heterocycles. The summed E-state index contributed by atoms with van der Waals surface area (Å²) in [4.78, 5) is 21.5. The number of hydrogen-bond donors (Lipinski definition) is 0. The van der Waals surface area contributed by atoms with Gasteiger partial charge in [-0.15, -0.1) is 0 Å². The zero-order valence-electron chi connectivity index (χ0n) is 9.35. The van der Waals surface area contributed by atoms with Crippen molar-refractivity contribution in [2.45, 2.75) is 45.0 Å². The standard InChI is InChI=1S/C12H16O4/c1-8(14)15-12-5-3-10-6-9(7-13)2-4-11(10)16-12/h6-7,10-12H,2-5H2,1H3/t10-,11-,12-/m0/s1. The molecule has 0 aromatic carbocycles. The Morgan fingerprint density at radius 3 is 3.00 bits per heavy atom.